The van der Waals surface area contributed by atoms with Crippen molar-refractivity contribution in [3.05, 3.63) is 60.2 Å². The number of ether oxygens (including phenoxy) is 2. The van der Waals surface area contributed by atoms with Gasteiger partial charge < -0.3 is 40.7 Å². The molecule has 0 unspecified atom stereocenters. The summed E-state index contributed by atoms with van der Waals surface area (Å²) in [6, 6.07) is 8.70. The quantitative estimate of drug-likeness (QED) is 0.0963. The van der Waals surface area contributed by atoms with Crippen molar-refractivity contribution < 1.29 is 9.47 Å². The number of H-pyrrole nitrogens is 1. The van der Waals surface area contributed by atoms with E-state index in [9.17, 15) is 0 Å². The number of anilines is 5. The van der Waals surface area contributed by atoms with Gasteiger partial charge in [-0.25, -0.2) is 0 Å². The van der Waals surface area contributed by atoms with Crippen molar-refractivity contribution in [2.75, 3.05) is 81.9 Å². The van der Waals surface area contributed by atoms with Crippen LogP contribution in [0.15, 0.2) is 49.1 Å². The molecule has 0 aliphatic carbocycles. The molecular weight excluding hydrogens is 661 g/mol. The molecule has 3 aliphatic rings. The summed E-state index contributed by atoms with van der Waals surface area (Å²) in [4.78, 5) is 27.5. The van der Waals surface area contributed by atoms with Gasteiger partial charge in [0.1, 0.15) is 17.2 Å². The van der Waals surface area contributed by atoms with E-state index in [4.69, 9.17) is 24.9 Å². The van der Waals surface area contributed by atoms with E-state index in [0.29, 0.717) is 30.1 Å². The van der Waals surface area contributed by atoms with Gasteiger partial charge >= 0.3 is 0 Å². The number of nitrogens with zero attached hydrogens (tertiary/aromatic N) is 6. The fourth-order valence-corrected chi connectivity index (χ4v) is 8.91. The second kappa shape index (κ2) is 14.4. The van der Waals surface area contributed by atoms with Crippen molar-refractivity contribution >= 4 is 75.9 Å². The summed E-state index contributed by atoms with van der Waals surface area (Å²) in [7, 11) is 1.36. The van der Waals surface area contributed by atoms with Gasteiger partial charge in [-0.15, -0.1) is 0 Å². The Morgan fingerprint density at radius 1 is 1.00 bits per heavy atom. The Bertz CT molecular complexity index is 2100. The van der Waals surface area contributed by atoms with Gasteiger partial charge in [0.05, 0.1) is 47.6 Å². The van der Waals surface area contributed by atoms with Crippen LogP contribution >= 0.6 is 7.92 Å². The van der Waals surface area contributed by atoms with E-state index in [-0.39, 0.29) is 0 Å². The number of hydrogen-bond acceptors (Lipinski definition) is 12. The first-order valence-corrected chi connectivity index (χ1v) is 19.8. The molecule has 14 heteroatoms. The SMILES string of the molecule is CN/C=C(\C=N)c1cc(Nc2nc(Nc3ccc4nccnc4c3P(C)C)c3cc[nH]c3n2)c2c(c1N1CCC(N3CCOCC3)CC1)CCO2. The Balaban J connectivity index is 1.16. The Labute approximate surface area is 298 Å². The van der Waals surface area contributed by atoms with Gasteiger partial charge in [-0.05, 0) is 50.4 Å². The highest BCUT2D eigenvalue weighted by Gasteiger charge is 2.32. The molecule has 264 valence electrons. The first-order valence-electron chi connectivity index (χ1n) is 17.6. The van der Waals surface area contributed by atoms with Crippen LogP contribution in [0.25, 0.3) is 27.6 Å². The van der Waals surface area contributed by atoms with E-state index < -0.39 is 7.92 Å². The number of piperidine rings is 1. The Hall–Kier alpha value is -4.84. The smallest absolute Gasteiger partial charge is 0.231 e. The Morgan fingerprint density at radius 3 is 2.61 bits per heavy atom. The molecular formula is C37H44N11O2P. The molecule has 5 aromatic rings. The zero-order valence-electron chi connectivity index (χ0n) is 29.3. The maximum atomic E-state index is 8.40. The molecule has 0 radical (unpaired) electrons. The predicted molar refractivity (Wildman–Crippen MR) is 207 cm³/mol. The third-order valence-corrected chi connectivity index (χ3v) is 11.4. The minimum atomic E-state index is -0.514. The van der Waals surface area contributed by atoms with Gasteiger partial charge in [-0.3, -0.25) is 14.9 Å². The molecule has 2 fully saturated rings. The molecule has 13 nitrogen and oxygen atoms in total. The van der Waals surface area contributed by atoms with Crippen LogP contribution in [0.4, 0.5) is 28.8 Å². The molecule has 3 aliphatic heterocycles. The first kappa shape index (κ1) is 33.3. The van der Waals surface area contributed by atoms with Gasteiger partial charge in [0.15, 0.2) is 0 Å². The maximum absolute atomic E-state index is 8.40. The van der Waals surface area contributed by atoms with Gasteiger partial charge in [0, 0.05) is 104 Å². The number of fused-ring (bicyclic) bond motifs is 3. The minimum Gasteiger partial charge on any atom is -0.491 e. The fourth-order valence-electron chi connectivity index (χ4n) is 7.70. The molecule has 6 heterocycles. The molecule has 2 saturated heterocycles. The van der Waals surface area contributed by atoms with Crippen LogP contribution in [0.2, 0.25) is 0 Å². The minimum absolute atomic E-state index is 0.432. The summed E-state index contributed by atoms with van der Waals surface area (Å²) >= 11 is 0. The van der Waals surface area contributed by atoms with Gasteiger partial charge in [0.2, 0.25) is 5.95 Å². The van der Waals surface area contributed by atoms with Crippen LogP contribution in [0.3, 0.4) is 0 Å². The summed E-state index contributed by atoms with van der Waals surface area (Å²) in [6.45, 7) is 10.6. The number of nitrogens with one attached hydrogen (secondary N) is 5. The molecule has 2 aromatic carbocycles. The van der Waals surface area contributed by atoms with Crippen molar-refractivity contribution in [2.24, 2.45) is 0 Å². The highest BCUT2D eigenvalue weighted by Crippen LogP contribution is 2.46. The lowest BCUT2D eigenvalue weighted by atomic mass is 9.94. The van der Waals surface area contributed by atoms with E-state index in [1.165, 1.54) is 6.21 Å². The van der Waals surface area contributed by atoms with Crippen molar-refractivity contribution in [1.82, 2.24) is 35.1 Å². The summed E-state index contributed by atoms with van der Waals surface area (Å²) in [5, 5.41) is 20.8. The molecule has 8 rings (SSSR count). The molecule has 0 amide bonds. The standard InChI is InChI=1S/C37H44N11O2P/c1-39-22-23(21-38)27-20-30(33-25(9-17-50-33)32(27)48-13-7-24(8-14-48)47-15-18-49-19-16-47)44-37-45-35-26(6-10-42-35)36(46-37)43-29-5-4-28-31(34(29)51(2)3)41-12-11-40-28/h4-6,10-12,20-22,24,38-39H,7-9,13-19H2,1-3H3,(H3,42,43,44,45,46)/b23-22+,38-21?. The van der Waals surface area contributed by atoms with Crippen molar-refractivity contribution in [2.45, 2.75) is 25.3 Å². The molecule has 0 atom stereocenters. The van der Waals surface area contributed by atoms with Gasteiger partial charge in [-0.2, -0.15) is 9.97 Å². The van der Waals surface area contributed by atoms with Crippen LogP contribution < -0.4 is 30.9 Å². The van der Waals surface area contributed by atoms with E-state index in [0.717, 1.165) is 120 Å². The van der Waals surface area contributed by atoms with E-state index >= 15 is 0 Å². The lowest BCUT2D eigenvalue weighted by Crippen LogP contribution is -2.49. The zero-order valence-corrected chi connectivity index (χ0v) is 30.2. The van der Waals surface area contributed by atoms with E-state index in [1.54, 1.807) is 12.4 Å². The van der Waals surface area contributed by atoms with E-state index in [2.05, 4.69) is 66.2 Å². The second-order valence-electron chi connectivity index (χ2n) is 13.3. The van der Waals surface area contributed by atoms with Crippen LogP contribution in [-0.2, 0) is 11.2 Å². The average molecular weight is 706 g/mol. The Morgan fingerprint density at radius 2 is 1.82 bits per heavy atom. The summed E-state index contributed by atoms with van der Waals surface area (Å²) in [5.74, 6) is 1.93. The number of benzene rings is 2. The van der Waals surface area contributed by atoms with Crippen LogP contribution in [0, 0.1) is 5.41 Å². The number of morpholine rings is 1. The highest BCUT2D eigenvalue weighted by molar-refractivity contribution is 7.65. The number of allylic oxidation sites excluding steroid dienone is 1. The molecule has 0 bridgehead atoms. The first-order chi connectivity index (χ1) is 25.0. The lowest BCUT2D eigenvalue weighted by molar-refractivity contribution is 0.0115. The van der Waals surface area contributed by atoms with E-state index in [1.807, 2.05) is 31.6 Å². The normalized spacial score (nSPS) is 17.2. The van der Waals surface area contributed by atoms with Crippen LogP contribution in [0.5, 0.6) is 5.75 Å². The Kier molecular flexibility index (Phi) is 9.42. The largest absolute Gasteiger partial charge is 0.491 e. The van der Waals surface area contributed by atoms with Crippen LogP contribution in [0.1, 0.15) is 24.0 Å². The number of rotatable bonds is 10. The second-order valence-corrected chi connectivity index (χ2v) is 15.5. The highest BCUT2D eigenvalue weighted by atomic mass is 31.1. The summed E-state index contributed by atoms with van der Waals surface area (Å²) < 4.78 is 12.0. The predicted octanol–water partition coefficient (Wildman–Crippen LogP) is 5.20. The molecule has 0 spiro atoms. The zero-order chi connectivity index (χ0) is 34.9. The topological polar surface area (TPSA) is 152 Å². The maximum Gasteiger partial charge on any atom is 0.231 e. The van der Waals surface area contributed by atoms with Gasteiger partial charge in [0.25, 0.3) is 0 Å². The molecule has 3 aromatic heterocycles. The number of aromatic nitrogens is 5. The molecule has 51 heavy (non-hydrogen) atoms. The third kappa shape index (κ3) is 6.45. The summed E-state index contributed by atoms with van der Waals surface area (Å²) in [6.07, 6.45) is 11.6. The van der Waals surface area contributed by atoms with Crippen molar-refractivity contribution in [3.8, 4) is 5.75 Å². The number of hydrogen-bond donors (Lipinski definition) is 5. The summed E-state index contributed by atoms with van der Waals surface area (Å²) in [5.41, 5.74) is 8.30. The fraction of sp³-hybridized carbons (Fsp3) is 0.378. The van der Waals surface area contributed by atoms with Crippen molar-refractivity contribution in [3.63, 3.8) is 0 Å². The molecule has 0 saturated carbocycles. The number of aromatic amines is 1. The van der Waals surface area contributed by atoms with Crippen molar-refractivity contribution in [1.29, 1.82) is 5.41 Å². The third-order valence-electron chi connectivity index (χ3n) is 10.0. The average Bonchev–Trinajstić information content (AvgIpc) is 3.85. The van der Waals surface area contributed by atoms with Gasteiger partial charge in [-0.1, -0.05) is 7.92 Å². The molecule has 5 N–H and O–H groups in total. The monoisotopic (exact) mass is 705 g/mol. The van der Waals surface area contributed by atoms with Crippen LogP contribution in [-0.4, -0.2) is 108 Å². The lowest BCUT2D eigenvalue weighted by Gasteiger charge is -2.41.